The molecule has 0 fully saturated rings. The maximum absolute atomic E-state index is 10.9. The molecule has 0 saturated carbocycles. The van der Waals surface area contributed by atoms with Gasteiger partial charge in [-0.15, -0.1) is 0 Å². The van der Waals surface area contributed by atoms with Crippen LogP contribution in [0, 0.1) is 11.3 Å². The van der Waals surface area contributed by atoms with Crippen molar-refractivity contribution in [2.24, 2.45) is 0 Å². The maximum Gasteiger partial charge on any atom is 0.235 e. The average molecular weight is 170 g/mol. The van der Waals surface area contributed by atoms with Crippen molar-refractivity contribution in [3.63, 3.8) is 0 Å². The molecule has 0 bridgehead atoms. The molecule has 0 aromatic rings. The van der Waals surface area contributed by atoms with Gasteiger partial charge in [0.1, 0.15) is 0 Å². The van der Waals surface area contributed by atoms with Gasteiger partial charge >= 0.3 is 0 Å². The van der Waals surface area contributed by atoms with Gasteiger partial charge in [-0.3, -0.25) is 9.80 Å². The smallest absolute Gasteiger partial charge is 0.235 e. The van der Waals surface area contributed by atoms with Crippen LogP contribution in [0.2, 0.25) is 0 Å². The van der Waals surface area contributed by atoms with E-state index in [4.69, 9.17) is 5.26 Å². The fraction of sp³-hybridized carbons (Fsp3) is 0.714. The molecule has 12 heavy (non-hydrogen) atoms. The first-order valence-corrected chi connectivity index (χ1v) is 3.71. The quantitative estimate of drug-likeness (QED) is 0.414. The number of nitriles is 1. The van der Waals surface area contributed by atoms with Gasteiger partial charge in [-0.05, 0) is 0 Å². The van der Waals surface area contributed by atoms with Crippen molar-refractivity contribution in [1.29, 1.82) is 5.26 Å². The van der Waals surface area contributed by atoms with Crippen molar-refractivity contribution in [1.82, 2.24) is 15.8 Å². The zero-order valence-corrected chi connectivity index (χ0v) is 7.42. The van der Waals surface area contributed by atoms with E-state index >= 15 is 0 Å². The second-order valence-corrected chi connectivity index (χ2v) is 2.49. The Morgan fingerprint density at radius 1 is 1.58 bits per heavy atom. The molecule has 1 amide bonds. The number of hydrogen-bond acceptors (Lipinski definition) is 4. The molecule has 0 spiro atoms. The Balaban J connectivity index is 3.29. The van der Waals surface area contributed by atoms with E-state index in [2.05, 4.69) is 10.7 Å². The Labute approximate surface area is 72.3 Å². The first-order valence-electron chi connectivity index (χ1n) is 3.71. The van der Waals surface area contributed by atoms with Crippen molar-refractivity contribution in [3.8, 4) is 6.07 Å². The van der Waals surface area contributed by atoms with Crippen LogP contribution in [0.15, 0.2) is 0 Å². The van der Waals surface area contributed by atoms with E-state index in [0.29, 0.717) is 13.0 Å². The van der Waals surface area contributed by atoms with Crippen molar-refractivity contribution in [2.75, 3.05) is 27.2 Å². The second-order valence-electron chi connectivity index (χ2n) is 2.49. The minimum absolute atomic E-state index is 0.0982. The summed E-state index contributed by atoms with van der Waals surface area (Å²) in [4.78, 5) is 10.9. The second kappa shape index (κ2) is 6.58. The fourth-order valence-corrected chi connectivity index (χ4v) is 0.550. The van der Waals surface area contributed by atoms with E-state index in [1.165, 1.54) is 0 Å². The molecule has 0 aliphatic rings. The van der Waals surface area contributed by atoms with Gasteiger partial charge in [-0.25, -0.2) is 5.43 Å². The van der Waals surface area contributed by atoms with Crippen LogP contribution in [0.5, 0.6) is 0 Å². The highest BCUT2D eigenvalue weighted by molar-refractivity contribution is 5.77. The van der Waals surface area contributed by atoms with Crippen LogP contribution in [0.3, 0.4) is 0 Å². The Kier molecular flexibility index (Phi) is 5.97. The summed E-state index contributed by atoms with van der Waals surface area (Å²) in [6, 6.07) is 1.94. The lowest BCUT2D eigenvalue weighted by atomic mass is 10.4. The van der Waals surface area contributed by atoms with E-state index < -0.39 is 0 Å². The molecule has 0 aromatic carbocycles. The van der Waals surface area contributed by atoms with Gasteiger partial charge in [0, 0.05) is 20.6 Å². The number of nitrogens with zero attached hydrogens (tertiary/aromatic N) is 2. The molecule has 2 N–H and O–H groups in total. The number of nitrogens with one attached hydrogen (secondary N) is 2. The molecule has 0 radical (unpaired) electrons. The standard InChI is InChI=1S/C7H14N4O/c1-11(2)10-6-7(12)9-5-3-4-8/h10H,3,5-6H2,1-2H3,(H,9,12). The number of hydrazine groups is 1. The Hall–Kier alpha value is -1.12. The van der Waals surface area contributed by atoms with Gasteiger partial charge in [-0.1, -0.05) is 0 Å². The highest BCUT2D eigenvalue weighted by Gasteiger charge is 1.98. The van der Waals surface area contributed by atoms with Crippen LogP contribution in [-0.4, -0.2) is 38.1 Å². The Morgan fingerprint density at radius 3 is 2.75 bits per heavy atom. The van der Waals surface area contributed by atoms with Crippen LogP contribution < -0.4 is 10.7 Å². The van der Waals surface area contributed by atoms with Crippen molar-refractivity contribution < 1.29 is 4.79 Å². The minimum atomic E-state index is -0.0982. The molecule has 0 aromatic heterocycles. The molecular weight excluding hydrogens is 156 g/mol. The van der Waals surface area contributed by atoms with Crippen LogP contribution in [-0.2, 0) is 4.79 Å². The first-order chi connectivity index (χ1) is 5.66. The topological polar surface area (TPSA) is 68.2 Å². The van der Waals surface area contributed by atoms with Gasteiger partial charge in [0.2, 0.25) is 5.91 Å². The van der Waals surface area contributed by atoms with Crippen LogP contribution in [0.1, 0.15) is 6.42 Å². The number of rotatable bonds is 5. The predicted octanol–water partition coefficient (Wildman–Crippen LogP) is -0.918. The van der Waals surface area contributed by atoms with E-state index in [1.54, 1.807) is 5.01 Å². The lowest BCUT2D eigenvalue weighted by Crippen LogP contribution is -2.40. The summed E-state index contributed by atoms with van der Waals surface area (Å²) in [5.41, 5.74) is 2.81. The zero-order valence-electron chi connectivity index (χ0n) is 7.42. The normalized spacial score (nSPS) is 9.50. The summed E-state index contributed by atoms with van der Waals surface area (Å²) in [6.07, 6.45) is 0.355. The molecule has 0 atom stereocenters. The van der Waals surface area contributed by atoms with Gasteiger partial charge in [0.25, 0.3) is 0 Å². The number of carbonyl (C=O) groups is 1. The van der Waals surface area contributed by atoms with Crippen molar-refractivity contribution in [3.05, 3.63) is 0 Å². The van der Waals surface area contributed by atoms with Crippen molar-refractivity contribution >= 4 is 5.91 Å². The Morgan fingerprint density at radius 2 is 2.25 bits per heavy atom. The van der Waals surface area contributed by atoms with Gasteiger partial charge < -0.3 is 5.32 Å². The number of hydrogen-bond donors (Lipinski definition) is 2. The summed E-state index contributed by atoms with van der Waals surface area (Å²) >= 11 is 0. The highest BCUT2D eigenvalue weighted by atomic mass is 16.2. The molecule has 68 valence electrons. The third kappa shape index (κ3) is 6.99. The fourth-order valence-electron chi connectivity index (χ4n) is 0.550. The predicted molar refractivity (Wildman–Crippen MR) is 44.9 cm³/mol. The summed E-state index contributed by atoms with van der Waals surface area (Å²) in [6.45, 7) is 0.670. The average Bonchev–Trinajstić information content (AvgIpc) is 2.01. The lowest BCUT2D eigenvalue weighted by molar-refractivity contribution is -0.120. The van der Waals surface area contributed by atoms with E-state index in [-0.39, 0.29) is 12.5 Å². The van der Waals surface area contributed by atoms with Crippen LogP contribution in [0.25, 0.3) is 0 Å². The molecule has 5 heteroatoms. The molecule has 0 saturated heterocycles. The third-order valence-electron chi connectivity index (χ3n) is 1.11. The minimum Gasteiger partial charge on any atom is -0.354 e. The number of carbonyl (C=O) groups excluding carboxylic acids is 1. The molecular formula is C7H14N4O. The van der Waals surface area contributed by atoms with Gasteiger partial charge in [-0.2, -0.15) is 5.26 Å². The summed E-state index contributed by atoms with van der Waals surface area (Å²) < 4.78 is 0. The van der Waals surface area contributed by atoms with Crippen LogP contribution in [0.4, 0.5) is 0 Å². The molecule has 0 rings (SSSR count). The monoisotopic (exact) mass is 170 g/mol. The van der Waals surface area contributed by atoms with Crippen molar-refractivity contribution in [2.45, 2.75) is 6.42 Å². The van der Waals surface area contributed by atoms with Gasteiger partial charge in [0.05, 0.1) is 19.0 Å². The summed E-state index contributed by atoms with van der Waals surface area (Å²) in [5.74, 6) is -0.0982. The molecule has 0 aliphatic heterocycles. The number of amides is 1. The molecule has 5 nitrogen and oxygen atoms in total. The molecule has 0 aliphatic carbocycles. The molecule has 0 unspecified atom stereocenters. The summed E-state index contributed by atoms with van der Waals surface area (Å²) in [5, 5.41) is 12.5. The van der Waals surface area contributed by atoms with E-state index in [0.717, 1.165) is 0 Å². The summed E-state index contributed by atoms with van der Waals surface area (Å²) in [7, 11) is 3.62. The first kappa shape index (κ1) is 10.9. The molecule has 0 heterocycles. The third-order valence-corrected chi connectivity index (χ3v) is 1.11. The Bertz CT molecular complexity index is 173. The van der Waals surface area contributed by atoms with E-state index in [9.17, 15) is 4.79 Å². The van der Waals surface area contributed by atoms with E-state index in [1.807, 2.05) is 20.2 Å². The lowest BCUT2D eigenvalue weighted by Gasteiger charge is -2.10. The zero-order chi connectivity index (χ0) is 9.40. The largest absolute Gasteiger partial charge is 0.354 e. The van der Waals surface area contributed by atoms with Crippen LogP contribution >= 0.6 is 0 Å². The maximum atomic E-state index is 10.9. The highest BCUT2D eigenvalue weighted by Crippen LogP contribution is 1.71. The SMILES string of the molecule is CN(C)NCC(=O)NCCC#N. The van der Waals surface area contributed by atoms with Gasteiger partial charge in [0.15, 0.2) is 0 Å².